The van der Waals surface area contributed by atoms with Gasteiger partial charge in [0, 0.05) is 25.5 Å². The molecule has 0 aromatic heterocycles. The van der Waals surface area contributed by atoms with Crippen molar-refractivity contribution >= 4 is 17.9 Å². The molecule has 0 aliphatic heterocycles. The number of carboxylic acid groups (broad SMARTS) is 1. The number of amides is 3. The van der Waals surface area contributed by atoms with Crippen molar-refractivity contribution in [3.8, 4) is 0 Å². The molecule has 0 bridgehead atoms. The maximum atomic E-state index is 12.5. The predicted octanol–water partition coefficient (Wildman–Crippen LogP) is 2.28. The highest BCUT2D eigenvalue weighted by Gasteiger charge is 2.38. The van der Waals surface area contributed by atoms with E-state index >= 15 is 0 Å². The first-order chi connectivity index (χ1) is 15.8. The number of urea groups is 1. The summed E-state index contributed by atoms with van der Waals surface area (Å²) in [4.78, 5) is 36.0. The largest absolute Gasteiger partial charge is 0.478 e. The summed E-state index contributed by atoms with van der Waals surface area (Å²) in [5, 5.41) is 15.2. The van der Waals surface area contributed by atoms with E-state index in [9.17, 15) is 19.5 Å². The smallest absolute Gasteiger partial charge is 0.331 e. The molecule has 2 rings (SSSR count). The van der Waals surface area contributed by atoms with Crippen LogP contribution in [0.4, 0.5) is 4.79 Å². The molecule has 5 N–H and O–H groups in total. The minimum atomic E-state index is -1.07. The van der Waals surface area contributed by atoms with Gasteiger partial charge in [0.25, 0.3) is 0 Å². The number of rotatable bonds is 12. The zero-order valence-electron chi connectivity index (χ0n) is 19.6. The molecule has 0 saturated carbocycles. The Kier molecular flexibility index (Phi) is 10.9. The number of hydrazine groups is 1. The minimum absolute atomic E-state index is 0.0739. The van der Waals surface area contributed by atoms with Gasteiger partial charge in [-0.1, -0.05) is 44.2 Å². The first kappa shape index (κ1) is 26.3. The van der Waals surface area contributed by atoms with Crippen LogP contribution in [0.15, 0.2) is 42.0 Å². The van der Waals surface area contributed by atoms with Crippen LogP contribution in [0.1, 0.15) is 52.0 Å². The standard InChI is InChI=1S/C24H36N4O5/c1-4-19(5-2)33-21-15-18(23(30)31)14-20(22(21)26-16(3)29)27-24(32)28-25-13-9-12-17-10-7-6-8-11-17/h6-8,10-11,15,19-22,25H,4-5,9,12-14H2,1-3H3,(H,26,29)(H,30,31)(H2,27,28,32)/t20-,21+,22+/m0/s1. The summed E-state index contributed by atoms with van der Waals surface area (Å²) in [5.74, 6) is -1.35. The van der Waals surface area contributed by atoms with Crippen LogP contribution in [0.2, 0.25) is 0 Å². The van der Waals surface area contributed by atoms with Gasteiger partial charge in [-0.25, -0.2) is 15.0 Å². The van der Waals surface area contributed by atoms with E-state index in [0.29, 0.717) is 6.54 Å². The molecule has 0 unspecified atom stereocenters. The van der Waals surface area contributed by atoms with Crippen LogP contribution >= 0.6 is 0 Å². The third-order valence-electron chi connectivity index (χ3n) is 5.63. The zero-order chi connectivity index (χ0) is 24.2. The monoisotopic (exact) mass is 460 g/mol. The fourth-order valence-electron chi connectivity index (χ4n) is 3.88. The van der Waals surface area contributed by atoms with E-state index in [4.69, 9.17) is 4.74 Å². The van der Waals surface area contributed by atoms with Crippen LogP contribution in [0.3, 0.4) is 0 Å². The number of hydrogen-bond donors (Lipinski definition) is 5. The summed E-state index contributed by atoms with van der Waals surface area (Å²) in [6.07, 6.45) is 4.08. The van der Waals surface area contributed by atoms with E-state index < -0.39 is 30.2 Å². The van der Waals surface area contributed by atoms with Gasteiger partial charge in [0.05, 0.1) is 24.3 Å². The lowest BCUT2D eigenvalue weighted by molar-refractivity contribution is -0.133. The summed E-state index contributed by atoms with van der Waals surface area (Å²) >= 11 is 0. The Morgan fingerprint density at radius 2 is 1.82 bits per heavy atom. The SMILES string of the molecule is CCC(CC)O[C@@H]1C=C(C(=O)O)C[C@H](NC(=O)NNCCCc2ccccc2)[C@H]1NC(C)=O. The third-order valence-corrected chi connectivity index (χ3v) is 5.63. The number of benzene rings is 1. The number of nitrogens with one attached hydrogen (secondary N) is 4. The molecule has 0 saturated heterocycles. The first-order valence-electron chi connectivity index (χ1n) is 11.5. The molecular weight excluding hydrogens is 424 g/mol. The number of aliphatic carboxylic acids is 1. The normalized spacial score (nSPS) is 20.1. The van der Waals surface area contributed by atoms with Gasteiger partial charge in [0.15, 0.2) is 0 Å². The Balaban J connectivity index is 1.97. The summed E-state index contributed by atoms with van der Waals surface area (Å²) in [6, 6.07) is 8.33. The van der Waals surface area contributed by atoms with Crippen molar-refractivity contribution in [3.63, 3.8) is 0 Å². The molecule has 9 heteroatoms. The lowest BCUT2D eigenvalue weighted by atomic mass is 9.87. The molecule has 0 spiro atoms. The van der Waals surface area contributed by atoms with Gasteiger partial charge in [-0.3, -0.25) is 10.2 Å². The van der Waals surface area contributed by atoms with E-state index in [0.717, 1.165) is 25.7 Å². The number of hydrogen-bond acceptors (Lipinski definition) is 5. The van der Waals surface area contributed by atoms with Crippen LogP contribution in [0.5, 0.6) is 0 Å². The second kappa shape index (κ2) is 13.6. The van der Waals surface area contributed by atoms with Crippen molar-refractivity contribution in [2.75, 3.05) is 6.54 Å². The molecule has 0 heterocycles. The minimum Gasteiger partial charge on any atom is -0.478 e. The van der Waals surface area contributed by atoms with Crippen molar-refractivity contribution in [1.82, 2.24) is 21.5 Å². The van der Waals surface area contributed by atoms with Crippen LogP contribution in [-0.4, -0.2) is 53.9 Å². The van der Waals surface area contributed by atoms with Gasteiger partial charge < -0.3 is 20.5 Å². The fourth-order valence-corrected chi connectivity index (χ4v) is 3.88. The summed E-state index contributed by atoms with van der Waals surface area (Å²) in [7, 11) is 0. The molecule has 9 nitrogen and oxygen atoms in total. The molecule has 0 radical (unpaired) electrons. The van der Waals surface area contributed by atoms with Gasteiger partial charge in [0.2, 0.25) is 5.91 Å². The topological polar surface area (TPSA) is 129 Å². The van der Waals surface area contributed by atoms with Gasteiger partial charge in [-0.05, 0) is 37.3 Å². The lowest BCUT2D eigenvalue weighted by Gasteiger charge is -2.38. The predicted molar refractivity (Wildman–Crippen MR) is 125 cm³/mol. The lowest BCUT2D eigenvalue weighted by Crippen LogP contribution is -2.61. The Hall–Kier alpha value is -2.91. The second-order valence-corrected chi connectivity index (χ2v) is 8.19. The summed E-state index contributed by atoms with van der Waals surface area (Å²) in [5.41, 5.74) is 6.85. The van der Waals surface area contributed by atoms with Crippen molar-refractivity contribution < 1.29 is 24.2 Å². The summed E-state index contributed by atoms with van der Waals surface area (Å²) < 4.78 is 6.11. The van der Waals surface area contributed by atoms with Crippen molar-refractivity contribution in [2.45, 2.75) is 77.2 Å². The maximum absolute atomic E-state index is 12.5. The highest BCUT2D eigenvalue weighted by molar-refractivity contribution is 5.87. The molecule has 3 atom stereocenters. The molecule has 1 aliphatic carbocycles. The van der Waals surface area contributed by atoms with Gasteiger partial charge >= 0.3 is 12.0 Å². The van der Waals surface area contributed by atoms with Gasteiger partial charge in [-0.2, -0.15) is 0 Å². The second-order valence-electron chi connectivity index (χ2n) is 8.19. The Morgan fingerprint density at radius 3 is 2.42 bits per heavy atom. The Labute approximate surface area is 195 Å². The van der Waals surface area contributed by atoms with E-state index in [-0.39, 0.29) is 24.0 Å². The van der Waals surface area contributed by atoms with Crippen molar-refractivity contribution in [3.05, 3.63) is 47.5 Å². The highest BCUT2D eigenvalue weighted by atomic mass is 16.5. The van der Waals surface area contributed by atoms with Crippen LogP contribution < -0.4 is 21.5 Å². The number of ether oxygens (including phenoxy) is 1. The molecule has 182 valence electrons. The Morgan fingerprint density at radius 1 is 1.12 bits per heavy atom. The van der Waals surface area contributed by atoms with Crippen LogP contribution in [0, 0.1) is 0 Å². The quantitative estimate of drug-likeness (QED) is 0.240. The molecule has 1 aliphatic rings. The number of carbonyl (C=O) groups excluding carboxylic acids is 2. The Bertz CT molecular complexity index is 810. The maximum Gasteiger partial charge on any atom is 0.331 e. The van der Waals surface area contributed by atoms with Gasteiger partial charge in [-0.15, -0.1) is 0 Å². The van der Waals surface area contributed by atoms with Gasteiger partial charge in [0.1, 0.15) is 0 Å². The van der Waals surface area contributed by atoms with E-state index in [1.807, 2.05) is 32.0 Å². The fraction of sp³-hybridized carbons (Fsp3) is 0.542. The molecule has 1 aromatic rings. The van der Waals surface area contributed by atoms with Crippen LogP contribution in [-0.2, 0) is 20.7 Å². The average Bonchev–Trinajstić information content (AvgIpc) is 2.79. The zero-order valence-corrected chi connectivity index (χ0v) is 19.6. The molecule has 1 aromatic carbocycles. The molecule has 33 heavy (non-hydrogen) atoms. The van der Waals surface area contributed by atoms with E-state index in [1.165, 1.54) is 12.5 Å². The average molecular weight is 461 g/mol. The van der Waals surface area contributed by atoms with Crippen molar-refractivity contribution in [2.24, 2.45) is 0 Å². The first-order valence-corrected chi connectivity index (χ1v) is 11.5. The summed E-state index contributed by atoms with van der Waals surface area (Å²) in [6.45, 7) is 5.93. The van der Waals surface area contributed by atoms with Crippen LogP contribution in [0.25, 0.3) is 0 Å². The molecule has 0 fully saturated rings. The number of aryl methyl sites for hydroxylation is 1. The number of carboxylic acids is 1. The van der Waals surface area contributed by atoms with E-state index in [2.05, 4.69) is 33.6 Å². The highest BCUT2D eigenvalue weighted by Crippen LogP contribution is 2.24. The van der Waals surface area contributed by atoms with Crippen molar-refractivity contribution in [1.29, 1.82) is 0 Å². The molecule has 3 amide bonds. The van der Waals surface area contributed by atoms with E-state index in [1.54, 1.807) is 6.08 Å². The number of carbonyl (C=O) groups is 3. The third kappa shape index (κ3) is 8.86. The molecular formula is C24H36N4O5.